The minimum Gasteiger partial charge on any atom is -0.448 e. The molecule has 0 saturated carbocycles. The van der Waals surface area contributed by atoms with E-state index in [1.807, 2.05) is 60.7 Å². The summed E-state index contributed by atoms with van der Waals surface area (Å²) in [4.78, 5) is 38.0. The summed E-state index contributed by atoms with van der Waals surface area (Å²) in [6.07, 6.45) is -0.745. The predicted octanol–water partition coefficient (Wildman–Crippen LogP) is 1.99. The van der Waals surface area contributed by atoms with Crippen LogP contribution >= 0.6 is 0 Å². The molecule has 184 valence electrons. The Balaban J connectivity index is 1.44. The maximum absolute atomic E-state index is 13.0. The van der Waals surface area contributed by atoms with Crippen LogP contribution in [0.3, 0.4) is 0 Å². The van der Waals surface area contributed by atoms with Crippen LogP contribution in [0.2, 0.25) is 0 Å². The summed E-state index contributed by atoms with van der Waals surface area (Å²) >= 11 is 0. The standard InChI is InChI=1S/C25H27N3O6S/c1-17(24(30)26-23(18-8-4-2-5-9-18)19-10-6-3-7-11-19)34-25(31)21-12-13-22(29)28(27-21)20-14-15-35(32,33)16-20/h2-11,17,20,23H,12-16H2,1H3,(H,26,30)/t17-,20+/m1/s1. The zero-order chi connectivity index (χ0) is 25.0. The number of nitrogens with zero attached hydrogens (tertiary/aromatic N) is 2. The molecule has 2 amide bonds. The fraction of sp³-hybridized carbons (Fsp3) is 0.360. The molecule has 2 aromatic carbocycles. The molecule has 0 radical (unpaired) electrons. The van der Waals surface area contributed by atoms with Gasteiger partial charge in [0.05, 0.1) is 23.6 Å². The number of hydrogen-bond acceptors (Lipinski definition) is 7. The lowest BCUT2D eigenvalue weighted by Gasteiger charge is -2.27. The van der Waals surface area contributed by atoms with Gasteiger partial charge in [-0.1, -0.05) is 60.7 Å². The zero-order valence-corrected chi connectivity index (χ0v) is 20.1. The van der Waals surface area contributed by atoms with Crippen molar-refractivity contribution in [3.8, 4) is 0 Å². The van der Waals surface area contributed by atoms with Crippen LogP contribution in [0.1, 0.15) is 43.4 Å². The summed E-state index contributed by atoms with van der Waals surface area (Å²) in [5.74, 6) is -1.81. The Labute approximate surface area is 204 Å². The molecule has 0 aromatic heterocycles. The van der Waals surface area contributed by atoms with Crippen molar-refractivity contribution in [3.63, 3.8) is 0 Å². The van der Waals surface area contributed by atoms with E-state index in [9.17, 15) is 22.8 Å². The van der Waals surface area contributed by atoms with E-state index in [0.717, 1.165) is 16.1 Å². The molecule has 1 saturated heterocycles. The number of carbonyl (C=O) groups is 3. The van der Waals surface area contributed by atoms with Crippen LogP contribution in [0, 0.1) is 0 Å². The molecular weight excluding hydrogens is 470 g/mol. The van der Waals surface area contributed by atoms with Gasteiger partial charge in [0.2, 0.25) is 5.91 Å². The van der Waals surface area contributed by atoms with Gasteiger partial charge in [0.25, 0.3) is 5.91 Å². The summed E-state index contributed by atoms with van der Waals surface area (Å²) in [5.41, 5.74) is 1.75. The van der Waals surface area contributed by atoms with Gasteiger partial charge < -0.3 is 10.1 Å². The van der Waals surface area contributed by atoms with E-state index in [2.05, 4.69) is 10.4 Å². The number of hydrogen-bond donors (Lipinski definition) is 1. The lowest BCUT2D eigenvalue weighted by Crippen LogP contribution is -2.43. The normalized spacial score (nSPS) is 20.3. The highest BCUT2D eigenvalue weighted by Gasteiger charge is 2.38. The zero-order valence-electron chi connectivity index (χ0n) is 19.3. The fourth-order valence-electron chi connectivity index (χ4n) is 4.16. The molecule has 0 aliphatic carbocycles. The third kappa shape index (κ3) is 5.94. The molecule has 0 bridgehead atoms. The highest BCUT2D eigenvalue weighted by molar-refractivity contribution is 7.91. The van der Waals surface area contributed by atoms with Crippen molar-refractivity contribution < 1.29 is 27.5 Å². The highest BCUT2D eigenvalue weighted by Crippen LogP contribution is 2.24. The molecule has 0 unspecified atom stereocenters. The lowest BCUT2D eigenvalue weighted by atomic mass is 9.98. The molecule has 0 spiro atoms. The van der Waals surface area contributed by atoms with Gasteiger partial charge in [-0.25, -0.2) is 18.2 Å². The summed E-state index contributed by atoms with van der Waals surface area (Å²) in [6, 6.07) is 17.9. The van der Waals surface area contributed by atoms with Gasteiger partial charge in [-0.3, -0.25) is 9.59 Å². The predicted molar refractivity (Wildman–Crippen MR) is 129 cm³/mol. The van der Waals surface area contributed by atoms with E-state index >= 15 is 0 Å². The quantitative estimate of drug-likeness (QED) is 0.584. The van der Waals surface area contributed by atoms with Gasteiger partial charge in [0.15, 0.2) is 15.9 Å². The van der Waals surface area contributed by atoms with Crippen molar-refractivity contribution in [2.45, 2.75) is 44.4 Å². The molecule has 10 heteroatoms. The fourth-order valence-corrected chi connectivity index (χ4v) is 5.86. The molecule has 35 heavy (non-hydrogen) atoms. The second kappa shape index (κ2) is 10.4. The molecule has 2 aromatic rings. The van der Waals surface area contributed by atoms with Crippen LogP contribution in [0.15, 0.2) is 65.8 Å². The summed E-state index contributed by atoms with van der Waals surface area (Å²) in [5, 5.41) is 8.14. The van der Waals surface area contributed by atoms with Crippen LogP contribution in [0.5, 0.6) is 0 Å². The van der Waals surface area contributed by atoms with E-state index in [4.69, 9.17) is 4.74 Å². The molecule has 2 aliphatic heterocycles. The number of carbonyl (C=O) groups excluding carboxylic acids is 3. The number of rotatable bonds is 7. The summed E-state index contributed by atoms with van der Waals surface area (Å²) < 4.78 is 29.0. The third-order valence-electron chi connectivity index (χ3n) is 6.05. The van der Waals surface area contributed by atoms with Gasteiger partial charge in [-0.15, -0.1) is 0 Å². The first kappa shape index (κ1) is 24.6. The third-order valence-corrected chi connectivity index (χ3v) is 7.81. The first-order valence-electron chi connectivity index (χ1n) is 11.4. The number of amides is 2. The topological polar surface area (TPSA) is 122 Å². The molecule has 2 aliphatic rings. The Kier molecular flexibility index (Phi) is 7.30. The summed E-state index contributed by atoms with van der Waals surface area (Å²) in [7, 11) is -3.23. The number of nitrogens with one attached hydrogen (secondary N) is 1. The van der Waals surface area contributed by atoms with Gasteiger partial charge in [0.1, 0.15) is 5.71 Å². The number of benzene rings is 2. The lowest BCUT2D eigenvalue weighted by molar-refractivity contribution is -0.149. The maximum Gasteiger partial charge on any atom is 0.355 e. The largest absolute Gasteiger partial charge is 0.448 e. The van der Waals surface area contributed by atoms with Crippen molar-refractivity contribution in [2.24, 2.45) is 5.10 Å². The van der Waals surface area contributed by atoms with Crippen LogP contribution in [0.25, 0.3) is 0 Å². The first-order valence-corrected chi connectivity index (χ1v) is 13.3. The molecule has 4 rings (SSSR count). The Morgan fingerprint density at radius 3 is 2.17 bits per heavy atom. The minimum absolute atomic E-state index is 0.00350. The molecule has 9 nitrogen and oxygen atoms in total. The van der Waals surface area contributed by atoms with E-state index in [0.29, 0.717) is 0 Å². The monoisotopic (exact) mass is 497 g/mol. The maximum atomic E-state index is 13.0. The van der Waals surface area contributed by atoms with E-state index in [1.54, 1.807) is 0 Å². The van der Waals surface area contributed by atoms with Crippen molar-refractivity contribution in [1.29, 1.82) is 0 Å². The van der Waals surface area contributed by atoms with Gasteiger partial charge in [-0.2, -0.15) is 5.10 Å². The van der Waals surface area contributed by atoms with Crippen LogP contribution in [-0.4, -0.2) is 60.6 Å². The van der Waals surface area contributed by atoms with E-state index in [-0.39, 0.29) is 42.4 Å². The Morgan fingerprint density at radius 2 is 1.63 bits per heavy atom. The SMILES string of the molecule is C[C@@H](OC(=O)C1=NN([C@H]2CCS(=O)(=O)C2)C(=O)CC1)C(=O)NC(c1ccccc1)c1ccccc1. The van der Waals surface area contributed by atoms with E-state index < -0.39 is 39.9 Å². The number of sulfone groups is 1. The van der Waals surface area contributed by atoms with Crippen LogP contribution in [0.4, 0.5) is 0 Å². The molecule has 1 fully saturated rings. The minimum atomic E-state index is -3.23. The Hall–Kier alpha value is -3.53. The Morgan fingerprint density at radius 1 is 1.03 bits per heavy atom. The van der Waals surface area contributed by atoms with Crippen molar-refractivity contribution in [2.75, 3.05) is 11.5 Å². The van der Waals surface area contributed by atoms with Crippen LogP contribution < -0.4 is 5.32 Å². The van der Waals surface area contributed by atoms with Crippen molar-refractivity contribution in [1.82, 2.24) is 10.3 Å². The Bertz CT molecular complexity index is 1190. The average molecular weight is 498 g/mol. The molecule has 2 atom stereocenters. The number of esters is 1. The average Bonchev–Trinajstić information content (AvgIpc) is 3.22. The smallest absolute Gasteiger partial charge is 0.355 e. The number of ether oxygens (including phenoxy) is 1. The van der Waals surface area contributed by atoms with Crippen molar-refractivity contribution in [3.05, 3.63) is 71.8 Å². The van der Waals surface area contributed by atoms with Gasteiger partial charge in [0, 0.05) is 12.8 Å². The highest BCUT2D eigenvalue weighted by atomic mass is 32.2. The molecule has 2 heterocycles. The van der Waals surface area contributed by atoms with E-state index in [1.165, 1.54) is 6.92 Å². The van der Waals surface area contributed by atoms with Gasteiger partial charge in [-0.05, 0) is 24.5 Å². The second-order valence-corrected chi connectivity index (χ2v) is 10.9. The number of hydrazone groups is 1. The van der Waals surface area contributed by atoms with Gasteiger partial charge >= 0.3 is 5.97 Å². The second-order valence-electron chi connectivity index (χ2n) is 8.65. The van der Waals surface area contributed by atoms with Crippen molar-refractivity contribution >= 4 is 33.3 Å². The summed E-state index contributed by atoms with van der Waals surface area (Å²) in [6.45, 7) is 1.47. The molecular formula is C25H27N3O6S. The molecule has 1 N–H and O–H groups in total. The van der Waals surface area contributed by atoms with Crippen LogP contribution in [-0.2, 0) is 29.0 Å². The first-order chi connectivity index (χ1) is 16.7.